The van der Waals surface area contributed by atoms with E-state index in [9.17, 15) is 9.59 Å². The third-order valence-corrected chi connectivity index (χ3v) is 4.20. The fourth-order valence-corrected chi connectivity index (χ4v) is 2.77. The minimum Gasteiger partial charge on any atom is -1.00 e. The fraction of sp³-hybridized carbons (Fsp3) is 0.529. The maximum absolute atomic E-state index is 12.5. The monoisotopic (exact) mass is 500 g/mol. The van der Waals surface area contributed by atoms with E-state index < -0.39 is 17.7 Å². The summed E-state index contributed by atoms with van der Waals surface area (Å²) >= 11 is 5.93. The van der Waals surface area contributed by atoms with Gasteiger partial charge in [-0.25, -0.2) is 4.79 Å². The van der Waals surface area contributed by atoms with Crippen LogP contribution in [0.4, 0.5) is 10.5 Å². The second-order valence-electron chi connectivity index (χ2n) is 6.68. The Hall–Kier alpha value is -0.670. The molecule has 2 amide bonds. The number of rotatable bonds is 6. The third-order valence-electron chi connectivity index (χ3n) is 2.91. The first kappa shape index (κ1) is 24.3. The highest BCUT2D eigenvalue weighted by atomic mass is 127. The number of carbonyl (C=O) groups is 2. The van der Waals surface area contributed by atoms with Crippen LogP contribution >= 0.6 is 11.6 Å². The molecule has 25 heavy (non-hydrogen) atoms. The maximum Gasteiger partial charge on any atom is 0.408 e. The highest BCUT2D eigenvalue weighted by molar-refractivity contribution is 7.95. The number of hydrogen-bond donors (Lipinski definition) is 2. The van der Waals surface area contributed by atoms with E-state index in [0.29, 0.717) is 17.1 Å². The van der Waals surface area contributed by atoms with E-state index in [2.05, 4.69) is 23.1 Å². The summed E-state index contributed by atoms with van der Waals surface area (Å²) in [5, 5.41) is 5.98. The molecule has 0 unspecified atom stereocenters. The van der Waals surface area contributed by atoms with Crippen molar-refractivity contribution in [3.8, 4) is 0 Å². The van der Waals surface area contributed by atoms with Gasteiger partial charge < -0.3 is 39.3 Å². The Kier molecular flexibility index (Phi) is 10.8. The number of hydrogen-bond acceptors (Lipinski definition) is 3. The molecule has 2 N–H and O–H groups in total. The number of alkyl carbamates (subject to hydrolysis) is 1. The van der Waals surface area contributed by atoms with Crippen molar-refractivity contribution in [1.82, 2.24) is 5.32 Å². The Balaban J connectivity index is 0.00000576. The molecule has 0 bridgehead atoms. The Bertz CT molecular complexity index is 579. The van der Waals surface area contributed by atoms with E-state index in [4.69, 9.17) is 16.3 Å². The minimum absolute atomic E-state index is 0. The summed E-state index contributed by atoms with van der Waals surface area (Å²) in [6, 6.07) is 6.23. The molecule has 0 saturated carbocycles. The van der Waals surface area contributed by atoms with Crippen LogP contribution in [0.15, 0.2) is 24.3 Å². The van der Waals surface area contributed by atoms with Gasteiger partial charge in [0.15, 0.2) is 0 Å². The molecule has 0 aliphatic heterocycles. The zero-order valence-corrected chi connectivity index (χ0v) is 18.9. The van der Waals surface area contributed by atoms with Crippen molar-refractivity contribution >= 4 is 40.2 Å². The lowest BCUT2D eigenvalue weighted by atomic mass is 10.2. The number of halogens is 2. The van der Waals surface area contributed by atoms with Crippen LogP contribution in [-0.4, -0.2) is 41.9 Å². The van der Waals surface area contributed by atoms with Crippen LogP contribution in [0.2, 0.25) is 5.02 Å². The quantitative estimate of drug-likeness (QED) is 0.440. The van der Waals surface area contributed by atoms with Crippen LogP contribution in [0.1, 0.15) is 27.2 Å². The Labute approximate surface area is 175 Å². The normalized spacial score (nSPS) is 12.1. The summed E-state index contributed by atoms with van der Waals surface area (Å²) in [6.45, 7) is 5.34. The van der Waals surface area contributed by atoms with E-state index in [1.54, 1.807) is 45.0 Å². The molecule has 1 atom stereocenters. The van der Waals surface area contributed by atoms with Gasteiger partial charge in [-0.05, 0) is 49.9 Å². The molecule has 0 spiro atoms. The minimum atomic E-state index is -0.659. The molecule has 0 fully saturated rings. The van der Waals surface area contributed by atoms with Gasteiger partial charge in [-0.1, -0.05) is 17.7 Å². The average molecular weight is 501 g/mol. The zero-order valence-electron chi connectivity index (χ0n) is 15.2. The molecular formula is C17H26ClIN2O3S. The van der Waals surface area contributed by atoms with Gasteiger partial charge in [0.25, 0.3) is 0 Å². The molecule has 8 heteroatoms. The summed E-state index contributed by atoms with van der Waals surface area (Å²) in [7, 11) is 0.170. The predicted octanol–water partition coefficient (Wildman–Crippen LogP) is 0.444. The van der Waals surface area contributed by atoms with Crippen molar-refractivity contribution in [1.29, 1.82) is 0 Å². The van der Waals surface area contributed by atoms with Crippen LogP contribution in [-0.2, 0) is 20.4 Å². The van der Waals surface area contributed by atoms with Crippen molar-refractivity contribution in [2.24, 2.45) is 0 Å². The summed E-state index contributed by atoms with van der Waals surface area (Å²) in [4.78, 5) is 24.5. The molecule has 142 valence electrons. The van der Waals surface area contributed by atoms with Gasteiger partial charge in [0.05, 0.1) is 12.5 Å². The van der Waals surface area contributed by atoms with E-state index in [1.807, 2.05) is 0 Å². The number of ether oxygens (including phenoxy) is 1. The second kappa shape index (κ2) is 11.1. The van der Waals surface area contributed by atoms with Crippen LogP contribution in [0.3, 0.4) is 0 Å². The van der Waals surface area contributed by atoms with Gasteiger partial charge in [0, 0.05) is 17.1 Å². The first-order valence-corrected chi connectivity index (χ1v) is 10.3. The van der Waals surface area contributed by atoms with Gasteiger partial charge in [-0.15, -0.1) is 0 Å². The van der Waals surface area contributed by atoms with Crippen molar-refractivity contribution < 1.29 is 38.3 Å². The number of amides is 2. The lowest BCUT2D eigenvalue weighted by molar-refractivity contribution is -0.118. The molecule has 1 aromatic rings. The third kappa shape index (κ3) is 10.8. The SMILES string of the molecule is C[S+](C)CC[C@H](NC(=O)OC(C)(C)C)C(=O)Nc1cccc(Cl)c1.[I-]. The standard InChI is InChI=1S/C17H25ClN2O3S.HI/c1-17(2,3)23-16(22)20-14(9-10-24(4)5)15(21)19-13-8-6-7-12(18)11-13;/h6-8,11,14H,9-10H2,1-5H3,(H-,19,20,21,22);1H/t14-;/m0./s1. The highest BCUT2D eigenvalue weighted by Gasteiger charge is 2.26. The largest absolute Gasteiger partial charge is 1.00 e. The van der Waals surface area contributed by atoms with Crippen LogP contribution in [0.5, 0.6) is 0 Å². The Morgan fingerprint density at radius 2 is 1.92 bits per heavy atom. The molecule has 1 aromatic carbocycles. The van der Waals surface area contributed by atoms with Gasteiger partial charge in [-0.2, -0.15) is 0 Å². The molecule has 5 nitrogen and oxygen atoms in total. The second-order valence-corrected chi connectivity index (χ2v) is 9.49. The molecular weight excluding hydrogens is 475 g/mol. The highest BCUT2D eigenvalue weighted by Crippen LogP contribution is 2.15. The Morgan fingerprint density at radius 3 is 2.44 bits per heavy atom. The lowest BCUT2D eigenvalue weighted by Crippen LogP contribution is -3.00. The topological polar surface area (TPSA) is 67.4 Å². The summed E-state index contributed by atoms with van der Waals surface area (Å²) < 4.78 is 5.25. The Morgan fingerprint density at radius 1 is 1.28 bits per heavy atom. The summed E-state index contributed by atoms with van der Waals surface area (Å²) in [5.41, 5.74) is -0.0202. The molecule has 0 aliphatic carbocycles. The fourth-order valence-electron chi connectivity index (χ4n) is 1.87. The van der Waals surface area contributed by atoms with Crippen molar-refractivity contribution in [2.75, 3.05) is 23.6 Å². The predicted molar refractivity (Wildman–Crippen MR) is 102 cm³/mol. The van der Waals surface area contributed by atoms with Gasteiger partial charge in [0.2, 0.25) is 5.91 Å². The number of anilines is 1. The smallest absolute Gasteiger partial charge is 0.408 e. The molecule has 0 radical (unpaired) electrons. The first-order valence-electron chi connectivity index (χ1n) is 7.67. The lowest BCUT2D eigenvalue weighted by Gasteiger charge is -2.23. The summed E-state index contributed by atoms with van der Waals surface area (Å²) in [5.74, 6) is 0.553. The first-order chi connectivity index (χ1) is 11.1. The molecule has 0 aromatic heterocycles. The van der Waals surface area contributed by atoms with Crippen LogP contribution in [0, 0.1) is 0 Å². The van der Waals surface area contributed by atoms with Crippen LogP contribution in [0.25, 0.3) is 0 Å². The van der Waals surface area contributed by atoms with E-state index >= 15 is 0 Å². The van der Waals surface area contributed by atoms with Gasteiger partial charge in [-0.3, -0.25) is 4.79 Å². The molecule has 0 heterocycles. The number of benzene rings is 1. The van der Waals surface area contributed by atoms with Crippen LogP contribution < -0.4 is 34.6 Å². The van der Waals surface area contributed by atoms with E-state index in [1.165, 1.54) is 0 Å². The molecule has 0 aliphatic rings. The zero-order chi connectivity index (χ0) is 18.3. The van der Waals surface area contributed by atoms with Crippen molar-refractivity contribution in [2.45, 2.75) is 38.8 Å². The number of carbonyl (C=O) groups excluding carboxylic acids is 2. The molecule has 1 rings (SSSR count). The maximum atomic E-state index is 12.5. The van der Waals surface area contributed by atoms with E-state index in [-0.39, 0.29) is 40.8 Å². The van der Waals surface area contributed by atoms with Gasteiger partial charge >= 0.3 is 6.09 Å². The molecule has 0 saturated heterocycles. The van der Waals surface area contributed by atoms with Gasteiger partial charge in [0.1, 0.15) is 17.4 Å². The summed E-state index contributed by atoms with van der Waals surface area (Å²) in [6.07, 6.45) is 4.14. The average Bonchev–Trinajstić information content (AvgIpc) is 2.41. The van der Waals surface area contributed by atoms with Crippen molar-refractivity contribution in [3.63, 3.8) is 0 Å². The number of nitrogens with one attached hydrogen (secondary N) is 2. The van der Waals surface area contributed by atoms with Crippen molar-refractivity contribution in [3.05, 3.63) is 29.3 Å². The van der Waals surface area contributed by atoms with E-state index in [0.717, 1.165) is 5.75 Å².